The monoisotopic (exact) mass is 211 g/mol. The molecule has 2 saturated carbocycles. The van der Waals surface area contributed by atoms with Crippen molar-refractivity contribution in [2.45, 2.75) is 56.7 Å². The highest BCUT2D eigenvalue weighted by Gasteiger charge is 2.24. The van der Waals surface area contributed by atoms with Gasteiger partial charge in [-0.15, -0.1) is 0 Å². The molecule has 0 aromatic carbocycles. The highest BCUT2D eigenvalue weighted by molar-refractivity contribution is 5.78. The van der Waals surface area contributed by atoms with Crippen LogP contribution in [0.3, 0.4) is 0 Å². The molecule has 2 atom stereocenters. The molecule has 86 valence electrons. The molecule has 2 aliphatic carbocycles. The van der Waals surface area contributed by atoms with Crippen LogP contribution in [0, 0.1) is 0 Å². The Labute approximate surface area is 91.0 Å². The molecule has 4 nitrogen and oxygen atoms in total. The second-order valence-electron chi connectivity index (χ2n) is 4.85. The molecule has 0 heterocycles. The van der Waals surface area contributed by atoms with Crippen LogP contribution in [0.5, 0.6) is 0 Å². The molecule has 0 aromatic rings. The smallest absolute Gasteiger partial charge is 0.234 e. The first kappa shape index (κ1) is 10.9. The van der Waals surface area contributed by atoms with Gasteiger partial charge < -0.3 is 16.4 Å². The van der Waals surface area contributed by atoms with Gasteiger partial charge in [0.15, 0.2) is 0 Å². The lowest BCUT2D eigenvalue weighted by molar-refractivity contribution is -0.120. The fourth-order valence-electron chi connectivity index (χ4n) is 2.16. The first-order valence-corrected chi connectivity index (χ1v) is 6.02. The van der Waals surface area contributed by atoms with Crippen LogP contribution in [0.15, 0.2) is 0 Å². The summed E-state index contributed by atoms with van der Waals surface area (Å²) >= 11 is 0. The first-order valence-electron chi connectivity index (χ1n) is 6.02. The van der Waals surface area contributed by atoms with Gasteiger partial charge >= 0.3 is 0 Å². The second kappa shape index (κ2) is 4.94. The summed E-state index contributed by atoms with van der Waals surface area (Å²) in [5, 5.41) is 6.26. The van der Waals surface area contributed by atoms with Crippen LogP contribution in [0.1, 0.15) is 38.5 Å². The van der Waals surface area contributed by atoms with Crippen molar-refractivity contribution in [3.05, 3.63) is 0 Å². The minimum Gasteiger partial charge on any atom is -0.352 e. The zero-order valence-electron chi connectivity index (χ0n) is 9.17. The summed E-state index contributed by atoms with van der Waals surface area (Å²) in [5.74, 6) is 0.136. The van der Waals surface area contributed by atoms with E-state index in [9.17, 15) is 4.79 Å². The van der Waals surface area contributed by atoms with Crippen LogP contribution in [0.2, 0.25) is 0 Å². The Balaban J connectivity index is 1.61. The zero-order valence-corrected chi connectivity index (χ0v) is 9.17. The molecular formula is C11H21N3O. The average molecular weight is 211 g/mol. The molecule has 2 rings (SSSR count). The van der Waals surface area contributed by atoms with Gasteiger partial charge in [-0.3, -0.25) is 4.79 Å². The third-order valence-corrected chi connectivity index (χ3v) is 3.21. The molecule has 0 bridgehead atoms. The SMILES string of the molecule is NC1CCCC(NCC(=O)NC2CC2)C1. The molecule has 2 unspecified atom stereocenters. The second-order valence-corrected chi connectivity index (χ2v) is 4.85. The van der Waals surface area contributed by atoms with Crippen LogP contribution in [0.25, 0.3) is 0 Å². The highest BCUT2D eigenvalue weighted by atomic mass is 16.2. The normalized spacial score (nSPS) is 31.3. The Morgan fingerprint density at radius 3 is 2.67 bits per heavy atom. The molecular weight excluding hydrogens is 190 g/mol. The average Bonchev–Trinajstić information content (AvgIpc) is 2.99. The highest BCUT2D eigenvalue weighted by Crippen LogP contribution is 2.18. The van der Waals surface area contributed by atoms with Crippen molar-refractivity contribution in [3.8, 4) is 0 Å². The van der Waals surface area contributed by atoms with E-state index in [1.807, 2.05) is 0 Å². The number of nitrogens with two attached hydrogens (primary N) is 1. The van der Waals surface area contributed by atoms with Gasteiger partial charge in [-0.25, -0.2) is 0 Å². The van der Waals surface area contributed by atoms with Crippen molar-refractivity contribution >= 4 is 5.91 Å². The van der Waals surface area contributed by atoms with Crippen molar-refractivity contribution in [3.63, 3.8) is 0 Å². The van der Waals surface area contributed by atoms with Gasteiger partial charge in [-0.2, -0.15) is 0 Å². The van der Waals surface area contributed by atoms with Crippen LogP contribution in [-0.4, -0.2) is 30.6 Å². The van der Waals surface area contributed by atoms with Gasteiger partial charge in [-0.1, -0.05) is 6.42 Å². The Hall–Kier alpha value is -0.610. The van der Waals surface area contributed by atoms with Gasteiger partial charge in [-0.05, 0) is 32.1 Å². The van der Waals surface area contributed by atoms with Crippen molar-refractivity contribution in [1.29, 1.82) is 0 Å². The van der Waals surface area contributed by atoms with Gasteiger partial charge in [0, 0.05) is 18.1 Å². The maximum Gasteiger partial charge on any atom is 0.234 e. The number of amides is 1. The fraction of sp³-hybridized carbons (Fsp3) is 0.909. The number of hydrogen-bond acceptors (Lipinski definition) is 3. The third-order valence-electron chi connectivity index (χ3n) is 3.21. The summed E-state index contributed by atoms with van der Waals surface area (Å²) in [4.78, 5) is 11.4. The Bertz CT molecular complexity index is 228. The molecule has 1 amide bonds. The standard InChI is InChI=1S/C11H21N3O/c12-8-2-1-3-10(6-8)13-7-11(15)14-9-4-5-9/h8-10,13H,1-7,12H2,(H,14,15). The van der Waals surface area contributed by atoms with E-state index in [-0.39, 0.29) is 5.91 Å². The molecule has 15 heavy (non-hydrogen) atoms. The number of carbonyl (C=O) groups excluding carboxylic acids is 1. The molecule has 2 fully saturated rings. The van der Waals surface area contributed by atoms with Crippen LogP contribution in [0.4, 0.5) is 0 Å². The lowest BCUT2D eigenvalue weighted by Gasteiger charge is -2.27. The minimum absolute atomic E-state index is 0.136. The number of nitrogens with one attached hydrogen (secondary N) is 2. The summed E-state index contributed by atoms with van der Waals surface area (Å²) in [6, 6.07) is 1.23. The number of carbonyl (C=O) groups is 1. The summed E-state index contributed by atoms with van der Waals surface area (Å²) in [5.41, 5.74) is 5.88. The predicted molar refractivity (Wildman–Crippen MR) is 59.4 cm³/mol. The summed E-state index contributed by atoms with van der Waals surface area (Å²) in [6.45, 7) is 0.452. The van der Waals surface area contributed by atoms with Crippen LogP contribution < -0.4 is 16.4 Å². The molecule has 0 spiro atoms. The molecule has 2 aliphatic rings. The van der Waals surface area contributed by atoms with E-state index in [0.717, 1.165) is 32.1 Å². The first-order chi connectivity index (χ1) is 7.24. The fourth-order valence-corrected chi connectivity index (χ4v) is 2.16. The lowest BCUT2D eigenvalue weighted by Crippen LogP contribution is -2.44. The Morgan fingerprint density at radius 2 is 2.00 bits per heavy atom. The molecule has 0 aliphatic heterocycles. The van der Waals surface area contributed by atoms with Gasteiger partial charge in [0.25, 0.3) is 0 Å². The van der Waals surface area contributed by atoms with E-state index in [0.29, 0.717) is 24.7 Å². The van der Waals surface area contributed by atoms with E-state index >= 15 is 0 Å². The van der Waals surface area contributed by atoms with Crippen molar-refractivity contribution < 1.29 is 4.79 Å². The number of rotatable bonds is 4. The molecule has 4 N–H and O–H groups in total. The molecule has 0 radical (unpaired) electrons. The quantitative estimate of drug-likeness (QED) is 0.619. The summed E-state index contributed by atoms with van der Waals surface area (Å²) in [7, 11) is 0. The van der Waals surface area contributed by atoms with Crippen molar-refractivity contribution in [2.75, 3.05) is 6.54 Å². The zero-order chi connectivity index (χ0) is 10.7. The maximum absolute atomic E-state index is 11.4. The predicted octanol–water partition coefficient (Wildman–Crippen LogP) is 0.124. The summed E-state index contributed by atoms with van der Waals surface area (Å²) in [6.07, 6.45) is 6.79. The topological polar surface area (TPSA) is 67.1 Å². The third kappa shape index (κ3) is 3.80. The summed E-state index contributed by atoms with van der Waals surface area (Å²) < 4.78 is 0. The molecule has 0 aromatic heterocycles. The van der Waals surface area contributed by atoms with Crippen molar-refractivity contribution in [1.82, 2.24) is 10.6 Å². The Kier molecular flexibility index (Phi) is 3.59. The molecule has 0 saturated heterocycles. The van der Waals surface area contributed by atoms with Gasteiger partial charge in [0.2, 0.25) is 5.91 Å². The van der Waals surface area contributed by atoms with Gasteiger partial charge in [0.1, 0.15) is 0 Å². The molecule has 4 heteroatoms. The van der Waals surface area contributed by atoms with Gasteiger partial charge in [0.05, 0.1) is 6.54 Å². The maximum atomic E-state index is 11.4. The van der Waals surface area contributed by atoms with E-state index in [4.69, 9.17) is 5.73 Å². The van der Waals surface area contributed by atoms with Crippen LogP contribution >= 0.6 is 0 Å². The minimum atomic E-state index is 0.136. The van der Waals surface area contributed by atoms with E-state index in [1.54, 1.807) is 0 Å². The Morgan fingerprint density at radius 1 is 1.20 bits per heavy atom. The van der Waals surface area contributed by atoms with E-state index < -0.39 is 0 Å². The lowest BCUT2D eigenvalue weighted by atomic mass is 9.92. The van der Waals surface area contributed by atoms with E-state index in [1.165, 1.54) is 6.42 Å². The largest absolute Gasteiger partial charge is 0.352 e. The van der Waals surface area contributed by atoms with E-state index in [2.05, 4.69) is 10.6 Å². The van der Waals surface area contributed by atoms with Crippen molar-refractivity contribution in [2.24, 2.45) is 5.73 Å². The van der Waals surface area contributed by atoms with Crippen LogP contribution in [-0.2, 0) is 4.79 Å². The number of hydrogen-bond donors (Lipinski definition) is 3.